The molecule has 0 radical (unpaired) electrons. The number of aliphatic imine (C=N–C) groups is 1. The van der Waals surface area contributed by atoms with Gasteiger partial charge < -0.3 is 19.7 Å². The van der Waals surface area contributed by atoms with Crippen molar-refractivity contribution in [3.05, 3.63) is 35.4 Å². The van der Waals surface area contributed by atoms with Gasteiger partial charge in [-0.1, -0.05) is 31.2 Å². The van der Waals surface area contributed by atoms with Gasteiger partial charge in [-0.25, -0.2) is 0 Å². The van der Waals surface area contributed by atoms with Crippen LogP contribution in [-0.4, -0.2) is 64.5 Å². The second kappa shape index (κ2) is 11.1. The monoisotopic (exact) mass is 347 g/mol. The Bertz CT molecular complexity index is 516. The minimum atomic E-state index is 0.581. The summed E-state index contributed by atoms with van der Waals surface area (Å²) in [7, 11) is 3.56. The van der Waals surface area contributed by atoms with Crippen LogP contribution in [0.5, 0.6) is 0 Å². The first-order chi connectivity index (χ1) is 12.3. The van der Waals surface area contributed by atoms with E-state index < -0.39 is 0 Å². The van der Waals surface area contributed by atoms with E-state index in [-0.39, 0.29) is 0 Å². The first-order valence-corrected chi connectivity index (χ1v) is 9.37. The van der Waals surface area contributed by atoms with E-state index in [0.717, 1.165) is 51.5 Å². The number of ether oxygens (including phenoxy) is 2. The van der Waals surface area contributed by atoms with E-state index in [0.29, 0.717) is 19.1 Å². The molecular formula is C20H33N3O2. The van der Waals surface area contributed by atoms with Crippen molar-refractivity contribution in [2.24, 2.45) is 10.9 Å². The minimum Gasteiger partial charge on any atom is -0.382 e. The smallest absolute Gasteiger partial charge is 0.193 e. The van der Waals surface area contributed by atoms with E-state index >= 15 is 0 Å². The van der Waals surface area contributed by atoms with Gasteiger partial charge in [0, 0.05) is 39.7 Å². The van der Waals surface area contributed by atoms with Crippen LogP contribution in [0.3, 0.4) is 0 Å². The highest BCUT2D eigenvalue weighted by Crippen LogP contribution is 2.16. The summed E-state index contributed by atoms with van der Waals surface area (Å²) in [4.78, 5) is 6.78. The van der Waals surface area contributed by atoms with E-state index in [1.54, 1.807) is 7.11 Å². The van der Waals surface area contributed by atoms with Crippen molar-refractivity contribution in [1.29, 1.82) is 0 Å². The van der Waals surface area contributed by atoms with Crippen molar-refractivity contribution in [3.63, 3.8) is 0 Å². The van der Waals surface area contributed by atoms with Crippen LogP contribution in [0.4, 0.5) is 0 Å². The number of rotatable bonds is 9. The molecule has 1 aliphatic heterocycles. The number of hydrogen-bond donors (Lipinski definition) is 1. The first-order valence-electron chi connectivity index (χ1n) is 9.37. The standard InChI is InChI=1S/C20H33N3O2/c1-4-17-5-7-18(8-6-17)9-11-22-20(21-2)23-12-10-19(15-23)16-25-14-13-24-3/h5-8,19H,4,9-16H2,1-3H3,(H,21,22). The van der Waals surface area contributed by atoms with Gasteiger partial charge in [0.1, 0.15) is 0 Å². The van der Waals surface area contributed by atoms with Gasteiger partial charge in [0.25, 0.3) is 0 Å². The van der Waals surface area contributed by atoms with E-state index in [1.165, 1.54) is 11.1 Å². The molecule has 0 bridgehead atoms. The average Bonchev–Trinajstić information content (AvgIpc) is 3.11. The van der Waals surface area contributed by atoms with Crippen LogP contribution in [0.15, 0.2) is 29.3 Å². The van der Waals surface area contributed by atoms with Gasteiger partial charge in [0.15, 0.2) is 5.96 Å². The topological polar surface area (TPSA) is 46.1 Å². The third-order valence-electron chi connectivity index (χ3n) is 4.71. The largest absolute Gasteiger partial charge is 0.382 e. The molecule has 1 aromatic rings. The average molecular weight is 348 g/mol. The predicted octanol–water partition coefficient (Wildman–Crippen LogP) is 2.35. The molecule has 1 aliphatic rings. The number of hydrogen-bond acceptors (Lipinski definition) is 3. The van der Waals surface area contributed by atoms with Crippen LogP contribution in [0.25, 0.3) is 0 Å². The molecule has 1 unspecified atom stereocenters. The summed E-state index contributed by atoms with van der Waals surface area (Å²) in [5.74, 6) is 1.58. The molecular weight excluding hydrogens is 314 g/mol. The van der Waals surface area contributed by atoms with Crippen molar-refractivity contribution >= 4 is 5.96 Å². The van der Waals surface area contributed by atoms with E-state index in [4.69, 9.17) is 9.47 Å². The molecule has 140 valence electrons. The second-order valence-corrected chi connectivity index (χ2v) is 6.56. The quantitative estimate of drug-likeness (QED) is 0.423. The van der Waals surface area contributed by atoms with Gasteiger partial charge in [-0.15, -0.1) is 0 Å². The maximum Gasteiger partial charge on any atom is 0.193 e. The maximum absolute atomic E-state index is 5.67. The molecule has 0 aliphatic carbocycles. The molecule has 5 nitrogen and oxygen atoms in total. The van der Waals surface area contributed by atoms with E-state index in [9.17, 15) is 0 Å². The Balaban J connectivity index is 1.69. The zero-order valence-corrected chi connectivity index (χ0v) is 16.0. The maximum atomic E-state index is 5.67. The third kappa shape index (κ3) is 6.67. The number of guanidine groups is 1. The zero-order chi connectivity index (χ0) is 17.9. The minimum absolute atomic E-state index is 0.581. The summed E-state index contributed by atoms with van der Waals surface area (Å²) in [6, 6.07) is 8.90. The molecule has 1 atom stereocenters. The number of methoxy groups -OCH3 is 1. The molecule has 1 fully saturated rings. The van der Waals surface area contributed by atoms with Crippen LogP contribution in [0, 0.1) is 5.92 Å². The normalized spacial score (nSPS) is 18.0. The van der Waals surface area contributed by atoms with Crippen molar-refractivity contribution in [2.75, 3.05) is 53.6 Å². The molecule has 0 aromatic heterocycles. The zero-order valence-electron chi connectivity index (χ0n) is 16.0. The van der Waals surface area contributed by atoms with E-state index in [1.807, 2.05) is 7.05 Å². The van der Waals surface area contributed by atoms with Crippen LogP contribution in [0.1, 0.15) is 24.5 Å². The van der Waals surface area contributed by atoms with Crippen molar-refractivity contribution in [2.45, 2.75) is 26.2 Å². The van der Waals surface area contributed by atoms with Crippen LogP contribution >= 0.6 is 0 Å². The number of benzene rings is 1. The molecule has 1 saturated heterocycles. The fraction of sp³-hybridized carbons (Fsp3) is 0.650. The number of nitrogens with one attached hydrogen (secondary N) is 1. The summed E-state index contributed by atoms with van der Waals surface area (Å²) in [5.41, 5.74) is 2.76. The third-order valence-corrected chi connectivity index (χ3v) is 4.71. The molecule has 2 rings (SSSR count). The van der Waals surface area contributed by atoms with Gasteiger partial charge in [0.2, 0.25) is 0 Å². The molecule has 1 heterocycles. The number of nitrogens with zero attached hydrogens (tertiary/aromatic N) is 2. The fourth-order valence-corrected chi connectivity index (χ4v) is 3.15. The molecule has 0 amide bonds. The van der Waals surface area contributed by atoms with Gasteiger partial charge in [-0.05, 0) is 30.4 Å². The summed E-state index contributed by atoms with van der Waals surface area (Å²) in [6.07, 6.45) is 3.27. The highest BCUT2D eigenvalue weighted by atomic mass is 16.5. The Kier molecular flexibility index (Phi) is 8.77. The fourth-order valence-electron chi connectivity index (χ4n) is 3.15. The van der Waals surface area contributed by atoms with Crippen LogP contribution < -0.4 is 5.32 Å². The summed E-state index contributed by atoms with van der Waals surface area (Å²) < 4.78 is 10.7. The Hall–Kier alpha value is -1.59. The summed E-state index contributed by atoms with van der Waals surface area (Å²) in [6.45, 7) is 7.30. The SMILES string of the molecule is CCc1ccc(CCNC(=NC)N2CCC(COCCOC)C2)cc1. The van der Waals surface area contributed by atoms with Gasteiger partial charge in [0.05, 0.1) is 19.8 Å². The Morgan fingerprint density at radius 2 is 2.00 bits per heavy atom. The van der Waals surface area contributed by atoms with Gasteiger partial charge in [-0.2, -0.15) is 0 Å². The summed E-state index contributed by atoms with van der Waals surface area (Å²) in [5, 5.41) is 3.50. The lowest BCUT2D eigenvalue weighted by molar-refractivity contribution is 0.0536. The highest BCUT2D eigenvalue weighted by molar-refractivity contribution is 5.80. The van der Waals surface area contributed by atoms with Crippen molar-refractivity contribution in [1.82, 2.24) is 10.2 Å². The highest BCUT2D eigenvalue weighted by Gasteiger charge is 2.24. The van der Waals surface area contributed by atoms with Crippen LogP contribution in [-0.2, 0) is 22.3 Å². The lowest BCUT2D eigenvalue weighted by Gasteiger charge is -2.21. The number of aryl methyl sites for hydroxylation is 1. The molecule has 5 heteroatoms. The molecule has 25 heavy (non-hydrogen) atoms. The Labute approximate surface area is 152 Å². The predicted molar refractivity (Wildman–Crippen MR) is 103 cm³/mol. The first kappa shape index (κ1) is 19.7. The molecule has 1 N–H and O–H groups in total. The van der Waals surface area contributed by atoms with Crippen LogP contribution in [0.2, 0.25) is 0 Å². The van der Waals surface area contributed by atoms with Gasteiger partial charge in [-0.3, -0.25) is 4.99 Å². The second-order valence-electron chi connectivity index (χ2n) is 6.56. The number of likely N-dealkylation sites (tertiary alicyclic amines) is 1. The van der Waals surface area contributed by atoms with E-state index in [2.05, 4.69) is 46.4 Å². The lowest BCUT2D eigenvalue weighted by Crippen LogP contribution is -2.41. The van der Waals surface area contributed by atoms with Crippen molar-refractivity contribution in [3.8, 4) is 0 Å². The molecule has 1 aromatic carbocycles. The van der Waals surface area contributed by atoms with Gasteiger partial charge >= 0.3 is 0 Å². The Morgan fingerprint density at radius 3 is 2.68 bits per heavy atom. The Morgan fingerprint density at radius 1 is 1.24 bits per heavy atom. The lowest BCUT2D eigenvalue weighted by atomic mass is 10.1. The molecule has 0 spiro atoms. The molecule has 0 saturated carbocycles. The summed E-state index contributed by atoms with van der Waals surface area (Å²) >= 11 is 0. The van der Waals surface area contributed by atoms with Crippen molar-refractivity contribution < 1.29 is 9.47 Å².